The molecule has 3 aromatic carbocycles. The van der Waals surface area contributed by atoms with Gasteiger partial charge < -0.3 is 24.1 Å². The smallest absolute Gasteiger partial charge is 0.338 e. The molecule has 1 aliphatic heterocycles. The molecule has 1 N–H and O–H groups in total. The van der Waals surface area contributed by atoms with Crippen LogP contribution in [0.5, 0.6) is 0 Å². The highest BCUT2D eigenvalue weighted by Gasteiger charge is 2.47. The Morgan fingerprint density at radius 2 is 1.00 bits per heavy atom. The molecule has 34 heavy (non-hydrogen) atoms. The molecule has 0 radical (unpaired) electrons. The van der Waals surface area contributed by atoms with Crippen LogP contribution in [-0.2, 0) is 18.9 Å². The van der Waals surface area contributed by atoms with Crippen molar-refractivity contribution in [3.63, 3.8) is 0 Å². The molecule has 0 bridgehead atoms. The van der Waals surface area contributed by atoms with Gasteiger partial charge in [0.15, 0.2) is 24.6 Å². The lowest BCUT2D eigenvalue weighted by atomic mass is 10.0. The van der Waals surface area contributed by atoms with Gasteiger partial charge in [-0.2, -0.15) is 0 Å². The normalized spacial score (nSPS) is 21.8. The van der Waals surface area contributed by atoms with Gasteiger partial charge in [0.25, 0.3) is 0 Å². The van der Waals surface area contributed by atoms with Crippen LogP contribution in [-0.4, -0.2) is 54.2 Å². The zero-order valence-electron chi connectivity index (χ0n) is 18.0. The highest BCUT2D eigenvalue weighted by molar-refractivity contribution is 5.91. The van der Waals surface area contributed by atoms with Crippen LogP contribution >= 0.6 is 0 Å². The summed E-state index contributed by atoms with van der Waals surface area (Å²) in [6.45, 7) is -0.272. The summed E-state index contributed by atoms with van der Waals surface area (Å²) in [6, 6.07) is 24.5. The molecule has 1 fully saturated rings. The molecule has 4 rings (SSSR count). The number of ether oxygens (including phenoxy) is 4. The average Bonchev–Trinajstić information content (AvgIpc) is 2.89. The number of hydrogen-bond donors (Lipinski definition) is 1. The number of rotatable bonds is 6. The number of aliphatic hydroxyl groups is 1. The quantitative estimate of drug-likeness (QED) is 0.440. The molecular weight excluding hydrogens is 440 g/mol. The van der Waals surface area contributed by atoms with Crippen LogP contribution in [0.15, 0.2) is 91.0 Å². The van der Waals surface area contributed by atoms with Crippen LogP contribution < -0.4 is 0 Å². The highest BCUT2D eigenvalue weighted by atomic mass is 16.7. The second-order valence-corrected chi connectivity index (χ2v) is 7.51. The molecule has 1 heterocycles. The Morgan fingerprint density at radius 1 is 0.618 bits per heavy atom. The zero-order valence-corrected chi connectivity index (χ0v) is 18.0. The van der Waals surface area contributed by atoms with Crippen molar-refractivity contribution < 1.29 is 38.4 Å². The van der Waals surface area contributed by atoms with E-state index < -0.39 is 42.5 Å². The maximum absolute atomic E-state index is 12.8. The van der Waals surface area contributed by atoms with E-state index in [0.29, 0.717) is 0 Å². The van der Waals surface area contributed by atoms with E-state index >= 15 is 0 Å². The fourth-order valence-corrected chi connectivity index (χ4v) is 3.44. The standard InChI is InChI=1S/C26H22O8/c27-23(17-10-4-1-5-11-17)32-20-16-31-26(30)22(34-25(29)19-14-8-3-9-15-19)21(20)33-24(28)18-12-6-2-7-13-18/h1-15,20-22,26,30H,16H2/t20-,21+,22?,26+/m0/s1. The Bertz CT molecular complexity index is 1120. The van der Waals surface area contributed by atoms with E-state index in [2.05, 4.69) is 0 Å². The lowest BCUT2D eigenvalue weighted by Gasteiger charge is -2.38. The van der Waals surface area contributed by atoms with Gasteiger partial charge in [-0.1, -0.05) is 54.6 Å². The molecular formula is C26H22O8. The summed E-state index contributed by atoms with van der Waals surface area (Å²) in [5.41, 5.74) is 0.746. The van der Waals surface area contributed by atoms with Crippen LogP contribution in [0.25, 0.3) is 0 Å². The molecule has 3 aromatic rings. The van der Waals surface area contributed by atoms with E-state index in [4.69, 9.17) is 18.9 Å². The van der Waals surface area contributed by atoms with E-state index in [1.54, 1.807) is 78.9 Å². The Balaban J connectivity index is 1.59. The molecule has 8 nitrogen and oxygen atoms in total. The second-order valence-electron chi connectivity index (χ2n) is 7.51. The van der Waals surface area contributed by atoms with Gasteiger partial charge in [-0.15, -0.1) is 0 Å². The minimum Gasteiger partial charge on any atom is -0.452 e. The van der Waals surface area contributed by atoms with Gasteiger partial charge >= 0.3 is 17.9 Å². The molecule has 1 saturated heterocycles. The lowest BCUT2D eigenvalue weighted by Crippen LogP contribution is -2.57. The van der Waals surface area contributed by atoms with Crippen molar-refractivity contribution in [2.75, 3.05) is 6.61 Å². The fourth-order valence-electron chi connectivity index (χ4n) is 3.44. The molecule has 0 amide bonds. The minimum absolute atomic E-state index is 0.228. The minimum atomic E-state index is -1.60. The molecule has 4 atom stereocenters. The molecule has 1 aliphatic rings. The first-order valence-electron chi connectivity index (χ1n) is 10.6. The zero-order chi connectivity index (χ0) is 23.9. The maximum Gasteiger partial charge on any atom is 0.338 e. The van der Waals surface area contributed by atoms with E-state index in [1.807, 2.05) is 0 Å². The summed E-state index contributed by atoms with van der Waals surface area (Å²) in [6.07, 6.45) is -5.51. The predicted octanol–water partition coefficient (Wildman–Crippen LogP) is 3.01. The van der Waals surface area contributed by atoms with E-state index in [1.165, 1.54) is 12.1 Å². The van der Waals surface area contributed by atoms with Crippen LogP contribution in [0.1, 0.15) is 31.1 Å². The number of carbonyl (C=O) groups is 3. The largest absolute Gasteiger partial charge is 0.452 e. The summed E-state index contributed by atoms with van der Waals surface area (Å²) in [7, 11) is 0. The first-order chi connectivity index (χ1) is 16.5. The number of esters is 3. The van der Waals surface area contributed by atoms with Crippen molar-refractivity contribution in [3.8, 4) is 0 Å². The summed E-state index contributed by atoms with van der Waals surface area (Å²) < 4.78 is 21.9. The van der Waals surface area contributed by atoms with E-state index in [9.17, 15) is 19.5 Å². The third-order valence-electron chi connectivity index (χ3n) is 5.18. The first kappa shape index (κ1) is 23.2. The molecule has 174 valence electrons. The van der Waals surface area contributed by atoms with Gasteiger partial charge in [0.05, 0.1) is 23.3 Å². The predicted molar refractivity (Wildman–Crippen MR) is 119 cm³/mol. The topological polar surface area (TPSA) is 108 Å². The van der Waals surface area contributed by atoms with Crippen LogP contribution in [0.4, 0.5) is 0 Å². The summed E-state index contributed by atoms with van der Waals surface area (Å²) in [4.78, 5) is 38.1. The first-order valence-corrected chi connectivity index (χ1v) is 10.6. The monoisotopic (exact) mass is 462 g/mol. The molecule has 0 saturated carbocycles. The van der Waals surface area contributed by atoms with Crippen molar-refractivity contribution in [1.29, 1.82) is 0 Å². The van der Waals surface area contributed by atoms with Gasteiger partial charge in [-0.25, -0.2) is 14.4 Å². The molecule has 1 unspecified atom stereocenters. The third kappa shape index (κ3) is 5.48. The second kappa shape index (κ2) is 10.7. The van der Waals surface area contributed by atoms with E-state index in [0.717, 1.165) is 0 Å². The number of aliphatic hydroxyl groups excluding tert-OH is 1. The Morgan fingerprint density at radius 3 is 1.44 bits per heavy atom. The molecule has 0 spiro atoms. The van der Waals surface area contributed by atoms with Gasteiger partial charge in [0.1, 0.15) is 0 Å². The van der Waals surface area contributed by atoms with Crippen molar-refractivity contribution in [1.82, 2.24) is 0 Å². The number of benzene rings is 3. The van der Waals surface area contributed by atoms with Crippen molar-refractivity contribution >= 4 is 17.9 Å². The fraction of sp³-hybridized carbons (Fsp3) is 0.192. The lowest BCUT2D eigenvalue weighted by molar-refractivity contribution is -0.251. The van der Waals surface area contributed by atoms with Gasteiger partial charge in [-0.05, 0) is 36.4 Å². The number of carbonyl (C=O) groups excluding carboxylic acids is 3. The van der Waals surface area contributed by atoms with Gasteiger partial charge in [-0.3, -0.25) is 0 Å². The molecule has 0 aromatic heterocycles. The van der Waals surface area contributed by atoms with Crippen LogP contribution in [0, 0.1) is 0 Å². The average molecular weight is 462 g/mol. The van der Waals surface area contributed by atoms with Crippen LogP contribution in [0.2, 0.25) is 0 Å². The van der Waals surface area contributed by atoms with Gasteiger partial charge in [0, 0.05) is 0 Å². The summed E-state index contributed by atoms with van der Waals surface area (Å²) >= 11 is 0. The van der Waals surface area contributed by atoms with Gasteiger partial charge in [0.2, 0.25) is 0 Å². The summed E-state index contributed by atoms with van der Waals surface area (Å²) in [5, 5.41) is 10.5. The molecule has 0 aliphatic carbocycles. The van der Waals surface area contributed by atoms with E-state index in [-0.39, 0.29) is 23.3 Å². The Kier molecular flexibility index (Phi) is 7.31. The maximum atomic E-state index is 12.8. The Labute approximate surface area is 195 Å². The SMILES string of the molecule is O=C(OC1[C@H](O)OC[C@H](OC(=O)c2ccccc2)[C@H]1OC(=O)c1ccccc1)c1ccccc1. The highest BCUT2D eigenvalue weighted by Crippen LogP contribution is 2.25. The third-order valence-corrected chi connectivity index (χ3v) is 5.18. The number of hydrogen-bond acceptors (Lipinski definition) is 8. The van der Waals surface area contributed by atoms with Crippen LogP contribution in [0.3, 0.4) is 0 Å². The van der Waals surface area contributed by atoms with Crippen molar-refractivity contribution in [2.24, 2.45) is 0 Å². The molecule has 8 heteroatoms. The van der Waals surface area contributed by atoms with Crippen molar-refractivity contribution in [2.45, 2.75) is 24.6 Å². The Hall–Kier alpha value is -4.01. The summed E-state index contributed by atoms with van der Waals surface area (Å²) in [5.74, 6) is -2.18. The van der Waals surface area contributed by atoms with Crippen molar-refractivity contribution in [3.05, 3.63) is 108 Å².